The van der Waals surface area contributed by atoms with Gasteiger partial charge in [0.15, 0.2) is 0 Å². The molecule has 11 heteroatoms. The Kier molecular flexibility index (Phi) is 37.7. The molecule has 3 unspecified atom stereocenters. The summed E-state index contributed by atoms with van der Waals surface area (Å²) in [5.74, 6) is -1.05. The van der Waals surface area contributed by atoms with Crippen LogP contribution in [0.25, 0.3) is 0 Å². The molecule has 0 amide bonds. The molecule has 0 spiro atoms. The average molecular weight is 785 g/mol. The summed E-state index contributed by atoms with van der Waals surface area (Å²) in [7, 11) is -4.64. The fraction of sp³-hybridized carbons (Fsp3) is 0.767. The summed E-state index contributed by atoms with van der Waals surface area (Å²) in [5, 5.41) is 19.1. The Morgan fingerprint density at radius 3 is 1.30 bits per heavy atom. The van der Waals surface area contributed by atoms with Crippen LogP contribution in [0.15, 0.2) is 48.6 Å². The van der Waals surface area contributed by atoms with Crippen LogP contribution in [0.5, 0.6) is 0 Å². The van der Waals surface area contributed by atoms with Gasteiger partial charge in [0.25, 0.3) is 0 Å². The molecule has 0 aromatic rings. The second kappa shape index (κ2) is 39.2. The Hall–Kier alpha value is -2.07. The van der Waals surface area contributed by atoms with Crippen LogP contribution in [0, 0.1) is 0 Å². The molecule has 54 heavy (non-hydrogen) atoms. The van der Waals surface area contributed by atoms with Crippen LogP contribution in [0.3, 0.4) is 0 Å². The third-order valence-corrected chi connectivity index (χ3v) is 9.73. The Bertz CT molecular complexity index is 1040. The first-order chi connectivity index (χ1) is 26.3. The number of carbonyl (C=O) groups is 2. The Morgan fingerprint density at radius 2 is 0.870 bits per heavy atom. The summed E-state index contributed by atoms with van der Waals surface area (Å²) in [6.07, 6.45) is 40.9. The number of aliphatic hydroxyl groups is 2. The maximum Gasteiger partial charge on any atom is 0.472 e. The van der Waals surface area contributed by atoms with Crippen LogP contribution >= 0.6 is 7.82 Å². The zero-order valence-corrected chi connectivity index (χ0v) is 34.8. The van der Waals surface area contributed by atoms with Crippen molar-refractivity contribution in [3.8, 4) is 0 Å². The van der Waals surface area contributed by atoms with Gasteiger partial charge in [-0.2, -0.15) is 0 Å². The number of rotatable bonds is 39. The van der Waals surface area contributed by atoms with Gasteiger partial charge in [-0.05, 0) is 70.6 Å². The van der Waals surface area contributed by atoms with Crippen LogP contribution in [0.2, 0.25) is 0 Å². The van der Waals surface area contributed by atoms with Crippen LogP contribution in [0.4, 0.5) is 0 Å². The van der Waals surface area contributed by atoms with Gasteiger partial charge in [-0.3, -0.25) is 18.6 Å². The molecule has 0 bridgehead atoms. The van der Waals surface area contributed by atoms with Gasteiger partial charge in [0.05, 0.1) is 26.4 Å². The second-order valence-electron chi connectivity index (χ2n) is 13.9. The number of phosphoric ester groups is 1. The highest BCUT2D eigenvalue weighted by molar-refractivity contribution is 7.47. The van der Waals surface area contributed by atoms with E-state index in [1.807, 2.05) is 0 Å². The lowest BCUT2D eigenvalue weighted by Gasteiger charge is -2.20. The Labute approximate surface area is 328 Å². The number of unbranched alkanes of at least 4 members (excludes halogenated alkanes) is 17. The van der Waals surface area contributed by atoms with E-state index in [1.54, 1.807) is 0 Å². The van der Waals surface area contributed by atoms with Gasteiger partial charge >= 0.3 is 19.8 Å². The van der Waals surface area contributed by atoms with E-state index in [2.05, 4.69) is 62.5 Å². The van der Waals surface area contributed by atoms with Gasteiger partial charge < -0.3 is 24.6 Å². The van der Waals surface area contributed by atoms with E-state index in [0.717, 1.165) is 64.2 Å². The minimum atomic E-state index is -4.64. The standard InChI is InChI=1S/C43H77O10P/c1-3-5-7-9-11-13-15-17-18-19-20-21-23-25-27-29-31-33-35-43(47)53-41(37-45)39-51-54(48,49)50-38-40(36-44)52-42(46)34-32-30-28-26-24-22-16-14-12-10-8-6-4-2/h6,8,12,14,18-19,22,24,40-41,44-45H,3-5,7,9-11,13,15-17,20-21,23,25-39H2,1-2H3,(H,48,49)/b8-6-,14-12-,19-18-,24-22-. The first-order valence-corrected chi connectivity index (χ1v) is 22.6. The Balaban J connectivity index is 3.96. The van der Waals surface area contributed by atoms with Crippen LogP contribution < -0.4 is 0 Å². The number of phosphoric acid groups is 1. The largest absolute Gasteiger partial charge is 0.472 e. The molecule has 0 rings (SSSR count). The van der Waals surface area contributed by atoms with Crippen molar-refractivity contribution in [3.63, 3.8) is 0 Å². The lowest BCUT2D eigenvalue weighted by molar-refractivity contribution is -0.153. The lowest BCUT2D eigenvalue weighted by Crippen LogP contribution is -2.28. The monoisotopic (exact) mass is 785 g/mol. The summed E-state index contributed by atoms with van der Waals surface area (Å²) in [6, 6.07) is 0. The summed E-state index contributed by atoms with van der Waals surface area (Å²) in [4.78, 5) is 34.4. The maximum atomic E-state index is 12.3. The molecular weight excluding hydrogens is 707 g/mol. The molecule has 0 fully saturated rings. The van der Waals surface area contributed by atoms with E-state index in [-0.39, 0.29) is 12.8 Å². The summed E-state index contributed by atoms with van der Waals surface area (Å²) < 4.78 is 32.5. The fourth-order valence-corrected chi connectivity index (χ4v) is 6.32. The predicted octanol–water partition coefficient (Wildman–Crippen LogP) is 10.9. The van der Waals surface area contributed by atoms with Gasteiger partial charge in [-0.15, -0.1) is 0 Å². The normalized spacial score (nSPS) is 14.4. The van der Waals surface area contributed by atoms with Crippen molar-refractivity contribution in [1.29, 1.82) is 0 Å². The van der Waals surface area contributed by atoms with Crippen molar-refractivity contribution in [3.05, 3.63) is 48.6 Å². The smallest absolute Gasteiger partial charge is 0.457 e. The van der Waals surface area contributed by atoms with E-state index in [0.29, 0.717) is 12.8 Å². The fourth-order valence-electron chi connectivity index (χ4n) is 5.53. The van der Waals surface area contributed by atoms with Gasteiger partial charge in [-0.25, -0.2) is 4.57 Å². The highest BCUT2D eigenvalue weighted by atomic mass is 31.2. The van der Waals surface area contributed by atoms with Crippen molar-refractivity contribution in [1.82, 2.24) is 0 Å². The van der Waals surface area contributed by atoms with Crippen LogP contribution in [-0.4, -0.2) is 65.7 Å². The predicted molar refractivity (Wildman–Crippen MR) is 219 cm³/mol. The minimum Gasteiger partial charge on any atom is -0.457 e. The van der Waals surface area contributed by atoms with Gasteiger partial charge in [0.1, 0.15) is 12.2 Å². The number of allylic oxidation sites excluding steroid dienone is 8. The number of hydrogen-bond donors (Lipinski definition) is 3. The van der Waals surface area contributed by atoms with Crippen molar-refractivity contribution < 1.29 is 47.8 Å². The SMILES string of the molecule is CC/C=C\C/C=C\C/C=C\CCCCCC(=O)OC(CO)COP(=O)(O)OCC(CO)OC(=O)CCCCCCCCC/C=C\CCCCCCCCC. The van der Waals surface area contributed by atoms with E-state index in [4.69, 9.17) is 18.5 Å². The molecule has 0 aliphatic rings. The first-order valence-electron chi connectivity index (χ1n) is 21.1. The molecule has 0 aliphatic heterocycles. The summed E-state index contributed by atoms with van der Waals surface area (Å²) in [5.41, 5.74) is 0. The number of aliphatic hydroxyl groups excluding tert-OH is 2. The van der Waals surface area contributed by atoms with Gasteiger partial charge in [0.2, 0.25) is 0 Å². The van der Waals surface area contributed by atoms with Crippen LogP contribution in [0.1, 0.15) is 174 Å². The summed E-state index contributed by atoms with van der Waals surface area (Å²) >= 11 is 0. The molecule has 0 aromatic heterocycles. The summed E-state index contributed by atoms with van der Waals surface area (Å²) in [6.45, 7) is 2.04. The van der Waals surface area contributed by atoms with Gasteiger partial charge in [-0.1, -0.05) is 140 Å². The number of esters is 2. The third-order valence-electron chi connectivity index (χ3n) is 8.78. The third kappa shape index (κ3) is 36.9. The van der Waals surface area contributed by atoms with E-state index in [9.17, 15) is 29.3 Å². The molecule has 314 valence electrons. The van der Waals surface area contributed by atoms with E-state index >= 15 is 0 Å². The molecule has 10 nitrogen and oxygen atoms in total. The quantitative estimate of drug-likeness (QED) is 0.0238. The van der Waals surface area contributed by atoms with Crippen molar-refractivity contribution >= 4 is 19.8 Å². The lowest BCUT2D eigenvalue weighted by atomic mass is 10.1. The van der Waals surface area contributed by atoms with E-state index < -0.39 is 58.4 Å². The van der Waals surface area contributed by atoms with E-state index in [1.165, 1.54) is 70.6 Å². The van der Waals surface area contributed by atoms with Crippen LogP contribution in [-0.2, 0) is 32.7 Å². The van der Waals surface area contributed by atoms with Crippen molar-refractivity contribution in [2.45, 2.75) is 187 Å². The van der Waals surface area contributed by atoms with Crippen molar-refractivity contribution in [2.24, 2.45) is 0 Å². The highest BCUT2D eigenvalue weighted by Gasteiger charge is 2.27. The minimum absolute atomic E-state index is 0.155. The molecule has 0 heterocycles. The molecule has 0 saturated carbocycles. The molecule has 0 aliphatic carbocycles. The molecule has 3 N–H and O–H groups in total. The topological polar surface area (TPSA) is 149 Å². The molecule has 0 radical (unpaired) electrons. The van der Waals surface area contributed by atoms with Gasteiger partial charge in [0, 0.05) is 12.8 Å². The van der Waals surface area contributed by atoms with Crippen molar-refractivity contribution in [2.75, 3.05) is 26.4 Å². The molecule has 0 saturated heterocycles. The average Bonchev–Trinajstić information content (AvgIpc) is 3.16. The number of hydrogen-bond acceptors (Lipinski definition) is 9. The molecule has 0 aromatic carbocycles. The zero-order chi connectivity index (χ0) is 39.8. The number of carbonyl (C=O) groups excluding carboxylic acids is 2. The zero-order valence-electron chi connectivity index (χ0n) is 33.9. The molecular formula is C43H77O10P. The number of ether oxygens (including phenoxy) is 2. The molecule has 3 atom stereocenters. The Morgan fingerprint density at radius 1 is 0.519 bits per heavy atom. The second-order valence-corrected chi connectivity index (χ2v) is 15.4. The maximum absolute atomic E-state index is 12.3. The first kappa shape index (κ1) is 51.9. The highest BCUT2D eigenvalue weighted by Crippen LogP contribution is 2.43.